The van der Waals surface area contributed by atoms with Gasteiger partial charge in [-0.15, -0.1) is 23.9 Å². The van der Waals surface area contributed by atoms with Crippen LogP contribution in [0.1, 0.15) is 49.9 Å². The minimum absolute atomic E-state index is 0.355. The Morgan fingerprint density at radius 2 is 0.592 bits per heavy atom. The van der Waals surface area contributed by atoms with E-state index >= 15 is 0 Å². The number of hydrogen-bond acceptors (Lipinski definition) is 7. The molecule has 1 saturated heterocycles. The van der Waals surface area contributed by atoms with Gasteiger partial charge in [0.1, 0.15) is 27.3 Å². The molecule has 644 valence electrons. The van der Waals surface area contributed by atoms with Gasteiger partial charge in [-0.25, -0.2) is 0 Å². The number of halogens is 4. The topological polar surface area (TPSA) is 44.6 Å². The monoisotopic (exact) mass is 2030 g/mol. The molecule has 0 atom stereocenters. The van der Waals surface area contributed by atoms with Gasteiger partial charge >= 0.3 is 7.12 Å². The van der Waals surface area contributed by atoms with Crippen LogP contribution in [0.3, 0.4) is 0 Å². The third kappa shape index (κ3) is 27.7. The van der Waals surface area contributed by atoms with E-state index in [-0.39, 0.29) is 11.2 Å². The zero-order valence-corrected chi connectivity index (χ0v) is 83.7. The maximum Gasteiger partial charge on any atom is 0.498 e. The van der Waals surface area contributed by atoms with E-state index in [0.29, 0.717) is 0 Å². The van der Waals surface area contributed by atoms with E-state index in [1.807, 2.05) is 158 Å². The maximum atomic E-state index is 6.17. The van der Waals surface area contributed by atoms with Crippen molar-refractivity contribution in [3.05, 3.63) is 470 Å². The van der Waals surface area contributed by atoms with Crippen LogP contribution < -0.4 is 25.1 Å². The molecule has 1 fully saturated rings. The third-order valence-electron chi connectivity index (χ3n) is 20.7. The number of benzene rings is 16. The molecule has 0 saturated carbocycles. The number of hydrogen-bond donors (Lipinski definition) is 0. The number of terminal acetylenes is 2. The van der Waals surface area contributed by atoms with Crippen molar-refractivity contribution >= 4 is 189 Å². The smallest absolute Gasteiger partial charge is 0.456 e. The minimum atomic E-state index is -1.35. The summed E-state index contributed by atoms with van der Waals surface area (Å²) in [4.78, 5) is 8.95. The van der Waals surface area contributed by atoms with Gasteiger partial charge in [0.05, 0.1) is 11.2 Å². The van der Waals surface area contributed by atoms with Gasteiger partial charge in [-0.3, -0.25) is 0 Å². The molecule has 0 spiro atoms. The van der Waals surface area contributed by atoms with E-state index in [9.17, 15) is 0 Å². The zero-order valence-electron chi connectivity index (χ0n) is 74.7. The van der Waals surface area contributed by atoms with Crippen molar-refractivity contribution in [3.63, 3.8) is 0 Å². The van der Waals surface area contributed by atoms with Gasteiger partial charge < -0.3 is 33.3 Å². The molecular formula is C116H103BBr3IN4O3Si2. The lowest BCUT2D eigenvalue weighted by Crippen LogP contribution is -2.41. The Morgan fingerprint density at radius 3 is 0.915 bits per heavy atom. The number of para-hydroxylation sites is 10. The Balaban J connectivity index is 0.000000142. The molecule has 14 heteroatoms. The van der Waals surface area contributed by atoms with Gasteiger partial charge in [0.25, 0.3) is 0 Å². The summed E-state index contributed by atoms with van der Waals surface area (Å²) in [6.07, 6.45) is 10.6. The Morgan fingerprint density at radius 1 is 0.300 bits per heavy atom. The van der Waals surface area contributed by atoms with Crippen LogP contribution in [0.25, 0.3) is 21.9 Å². The van der Waals surface area contributed by atoms with Gasteiger partial charge in [-0.2, -0.15) is 0 Å². The number of fused-ring (bicyclic) bond motifs is 3. The Bertz CT molecular complexity index is 6450. The van der Waals surface area contributed by atoms with Crippen molar-refractivity contribution in [2.24, 2.45) is 0 Å². The van der Waals surface area contributed by atoms with Crippen molar-refractivity contribution in [1.29, 1.82) is 0 Å². The summed E-state index contributed by atoms with van der Waals surface area (Å²) in [6.45, 7) is 21.5. The summed E-state index contributed by atoms with van der Waals surface area (Å²) in [6, 6.07) is 147. The van der Waals surface area contributed by atoms with Crippen molar-refractivity contribution < 1.29 is 13.7 Å². The molecule has 17 aromatic rings. The van der Waals surface area contributed by atoms with Gasteiger partial charge in [0, 0.05) is 124 Å². The fourth-order valence-corrected chi connectivity index (χ4v) is 15.3. The summed E-state index contributed by atoms with van der Waals surface area (Å²) in [5.74, 6) is 12.5. The van der Waals surface area contributed by atoms with Crippen molar-refractivity contribution in [1.82, 2.24) is 0 Å². The number of anilines is 12. The average Bonchev–Trinajstić information content (AvgIpc) is 1.60. The third-order valence-corrected chi connectivity index (χ3v) is 26.1. The molecule has 0 amide bonds. The van der Waals surface area contributed by atoms with Crippen molar-refractivity contribution in [3.8, 4) is 47.6 Å². The van der Waals surface area contributed by atoms with E-state index < -0.39 is 23.3 Å². The highest BCUT2D eigenvalue weighted by molar-refractivity contribution is 14.1. The Labute approximate surface area is 810 Å². The van der Waals surface area contributed by atoms with Gasteiger partial charge in [-0.1, -0.05) is 285 Å². The van der Waals surface area contributed by atoms with E-state index in [1.54, 1.807) is 0 Å². The Hall–Kier alpha value is -12.7. The second-order valence-electron chi connectivity index (χ2n) is 33.2. The number of nitrogens with zero attached hydrogens (tertiary/aromatic N) is 4. The van der Waals surface area contributed by atoms with Crippen LogP contribution in [0.2, 0.25) is 39.3 Å². The summed E-state index contributed by atoms with van der Waals surface area (Å²) in [5, 5.41) is 2.22. The maximum absolute atomic E-state index is 6.17. The number of furan rings is 1. The van der Waals surface area contributed by atoms with E-state index in [4.69, 9.17) is 26.6 Å². The van der Waals surface area contributed by atoms with Crippen molar-refractivity contribution in [2.75, 3.05) is 19.6 Å². The van der Waals surface area contributed by atoms with E-state index in [0.717, 1.165) is 127 Å². The highest BCUT2D eigenvalue weighted by Crippen LogP contribution is 2.41. The van der Waals surface area contributed by atoms with Crippen LogP contribution >= 0.6 is 70.4 Å². The molecule has 130 heavy (non-hydrogen) atoms. The summed E-state index contributed by atoms with van der Waals surface area (Å²) in [5.41, 5.74) is 25.7. The molecule has 7 nitrogen and oxygen atoms in total. The predicted molar refractivity (Wildman–Crippen MR) is 579 cm³/mol. The van der Waals surface area contributed by atoms with Crippen molar-refractivity contribution in [2.45, 2.75) is 78.2 Å². The summed E-state index contributed by atoms with van der Waals surface area (Å²) in [7, 11) is -2.86. The highest BCUT2D eigenvalue weighted by atomic mass is 127. The second kappa shape index (κ2) is 47.1. The number of rotatable bonds is 13. The molecule has 0 radical (unpaired) electrons. The molecule has 1 aliphatic heterocycles. The molecule has 0 bridgehead atoms. The lowest BCUT2D eigenvalue weighted by molar-refractivity contribution is 0.00578. The molecule has 2 heterocycles. The van der Waals surface area contributed by atoms with Crippen LogP contribution in [-0.2, 0) is 9.31 Å². The van der Waals surface area contributed by atoms with Crippen LogP contribution in [0, 0.1) is 51.2 Å². The zero-order chi connectivity index (χ0) is 91.9. The first kappa shape index (κ1) is 96.4. The summed E-state index contributed by atoms with van der Waals surface area (Å²) < 4.78 is 22.9. The van der Waals surface area contributed by atoms with E-state index in [1.165, 1.54) is 8.04 Å². The molecule has 0 N–H and O–H groups in total. The summed E-state index contributed by atoms with van der Waals surface area (Å²) >= 11 is 12.7. The lowest BCUT2D eigenvalue weighted by atomic mass is 9.78. The molecule has 1 aliphatic rings. The first-order valence-electron chi connectivity index (χ1n) is 42.9. The molecule has 0 aliphatic carbocycles. The first-order valence-corrected chi connectivity index (χ1v) is 53.3. The van der Waals surface area contributed by atoms with Gasteiger partial charge in [-0.05, 0) is 307 Å². The van der Waals surface area contributed by atoms with Gasteiger partial charge in [0.15, 0.2) is 0 Å². The van der Waals surface area contributed by atoms with Crippen LogP contribution in [-0.4, -0.2) is 34.5 Å². The Kier molecular flexibility index (Phi) is 34.9. The molecular weight excluding hydrogens is 1930 g/mol. The van der Waals surface area contributed by atoms with Crippen LogP contribution in [0.5, 0.6) is 0 Å². The highest BCUT2D eigenvalue weighted by Gasteiger charge is 2.52. The normalized spacial score (nSPS) is 11.8. The second-order valence-corrected chi connectivity index (χ2v) is 46.6. The average molecular weight is 2030 g/mol. The molecule has 18 rings (SSSR count). The van der Waals surface area contributed by atoms with Crippen LogP contribution in [0.4, 0.5) is 68.2 Å². The van der Waals surface area contributed by atoms with Crippen LogP contribution in [0.15, 0.2) is 449 Å². The minimum Gasteiger partial charge on any atom is -0.456 e. The predicted octanol–water partition coefficient (Wildman–Crippen LogP) is 33.2. The SMILES string of the molecule is Brc1ccc(N(c2ccccc2)c2ccccc2)cc1.Brc1ccccc1C#Cc1ccc(N(c2ccccc2)c2ccccc2)cc1.Brc1ccccc1I.C#C[Si](C)(C)C.C#Cc1ccc(N(c2ccccc2)c2ccccc2)cc1.CC1(C)OB(c2cccc3c2oc2ccccc23)OC1(C)C.C[Si](C)(C)C#Cc1ccc(N(c2ccccc2)c2ccccc2)cc1. The fraction of sp³-hybridized carbons (Fsp3) is 0.103. The molecule has 16 aromatic carbocycles. The first-order chi connectivity index (χ1) is 62.8. The van der Waals surface area contributed by atoms with Gasteiger partial charge in [0.2, 0.25) is 0 Å². The fourth-order valence-electron chi connectivity index (χ4n) is 13.4. The standard InChI is InChI=1S/C26H18BrN.C23H23NSi.C20H15N.C18H19BO3.C18H14BrN.C6H4BrI.C5H10Si/c27-26-14-8-7-9-22(26)18-15-21-16-19-25(20-17-21)28(23-10-3-1-4-11-23)24-12-5-2-6-13-24;1-25(2,3)19-18-20-14-16-23(17-15-20)24(21-10-6-4-7-11-21)22-12-8-5-9-13-22;1-2-17-13-15-20(16-14-17)21(18-9-5-3-6-10-18)19-11-7-4-8-12-19;1-17(2)18(3,4)22-19(21-17)14-10-7-9-13-12-8-5-6-11-15(12)20-16(13)14;19-15-11-13-18(14-12-15)20(16-7-3-1-4-8-16)17-9-5-2-6-10-17;7-5-3-1-2-4-6(5)8;1-5-6(2,3)4/h1-14,16-17,19-20H;4-17H,1-3H3;1,3-16H;5-11H,1-4H3;1-14H;1-4H;1H,2-4H3. The molecule has 0 unspecified atom stereocenters. The largest absolute Gasteiger partial charge is 0.498 e. The quantitative estimate of drug-likeness (QED) is 0.0647. The lowest BCUT2D eigenvalue weighted by Gasteiger charge is -2.32. The molecule has 1 aromatic heterocycles. The van der Waals surface area contributed by atoms with E-state index in [2.05, 4.69) is 465 Å².